The van der Waals surface area contributed by atoms with Crippen LogP contribution in [0.2, 0.25) is 0 Å². The minimum absolute atomic E-state index is 0.214. The summed E-state index contributed by atoms with van der Waals surface area (Å²) in [5.74, 6) is -0.158. The third-order valence-electron chi connectivity index (χ3n) is 3.20. The van der Waals surface area contributed by atoms with Crippen LogP contribution < -0.4 is 0 Å². The minimum atomic E-state index is -0.868. The average Bonchev–Trinajstić information content (AvgIpc) is 2.84. The van der Waals surface area contributed by atoms with Crippen molar-refractivity contribution in [3.05, 3.63) is 5.82 Å². The van der Waals surface area contributed by atoms with Gasteiger partial charge in [-0.25, -0.2) is 4.68 Å². The van der Waals surface area contributed by atoms with Crippen LogP contribution >= 0.6 is 0 Å². The second kappa shape index (κ2) is 6.58. The van der Waals surface area contributed by atoms with Crippen LogP contribution in [-0.2, 0) is 22.6 Å². The van der Waals surface area contributed by atoms with E-state index in [0.717, 1.165) is 19.4 Å². The van der Waals surface area contributed by atoms with E-state index in [1.54, 1.807) is 4.68 Å². The Balaban J connectivity index is 2.02. The topological polar surface area (TPSA) is 93.4 Å². The molecule has 1 fully saturated rings. The van der Waals surface area contributed by atoms with Crippen molar-refractivity contribution in [2.45, 2.75) is 38.9 Å². The lowest BCUT2D eigenvalue weighted by Crippen LogP contribution is -2.49. The summed E-state index contributed by atoms with van der Waals surface area (Å²) >= 11 is 0. The second-order valence-electron chi connectivity index (χ2n) is 4.57. The lowest BCUT2D eigenvalue weighted by molar-refractivity contribution is -0.150. The first-order valence-electron chi connectivity index (χ1n) is 6.52. The number of aromatic nitrogens is 4. The Hall–Kier alpha value is -1.54. The van der Waals surface area contributed by atoms with Gasteiger partial charge in [-0.1, -0.05) is 13.3 Å². The summed E-state index contributed by atoms with van der Waals surface area (Å²) in [7, 11) is 0. The number of carboxylic acids is 1. The Morgan fingerprint density at radius 1 is 1.58 bits per heavy atom. The quantitative estimate of drug-likeness (QED) is 0.761. The SMILES string of the molecule is CCCCn1nnnc1CN1CCOCC1C(=O)O. The molecule has 0 aromatic carbocycles. The van der Waals surface area contributed by atoms with Gasteiger partial charge in [-0.05, 0) is 16.8 Å². The van der Waals surface area contributed by atoms with Gasteiger partial charge in [0, 0.05) is 13.1 Å². The minimum Gasteiger partial charge on any atom is -0.480 e. The molecule has 2 heterocycles. The molecule has 0 amide bonds. The molecule has 2 rings (SSSR count). The summed E-state index contributed by atoms with van der Waals surface area (Å²) in [6.45, 7) is 4.65. The molecule has 0 bridgehead atoms. The zero-order valence-electron chi connectivity index (χ0n) is 11.0. The molecule has 1 unspecified atom stereocenters. The number of morpholine rings is 1. The molecule has 0 spiro atoms. The molecule has 1 aromatic heterocycles. The summed E-state index contributed by atoms with van der Waals surface area (Å²) in [6, 6.07) is -0.620. The zero-order valence-corrected chi connectivity index (χ0v) is 11.0. The Labute approximate surface area is 111 Å². The number of ether oxygens (including phenoxy) is 1. The van der Waals surface area contributed by atoms with Crippen molar-refractivity contribution in [3.63, 3.8) is 0 Å². The first-order chi connectivity index (χ1) is 9.22. The summed E-state index contributed by atoms with van der Waals surface area (Å²) in [5.41, 5.74) is 0. The van der Waals surface area contributed by atoms with E-state index < -0.39 is 12.0 Å². The first-order valence-corrected chi connectivity index (χ1v) is 6.52. The molecular formula is C11H19N5O3. The monoisotopic (exact) mass is 269 g/mol. The van der Waals surface area contributed by atoms with Crippen molar-refractivity contribution >= 4 is 5.97 Å². The molecule has 1 aromatic rings. The number of aryl methyl sites for hydroxylation is 1. The number of nitrogens with zero attached hydrogens (tertiary/aromatic N) is 5. The van der Waals surface area contributed by atoms with Crippen molar-refractivity contribution in [2.75, 3.05) is 19.8 Å². The van der Waals surface area contributed by atoms with Crippen molar-refractivity contribution < 1.29 is 14.6 Å². The number of carbonyl (C=O) groups is 1. The number of aliphatic carboxylic acids is 1. The molecule has 1 aliphatic rings. The summed E-state index contributed by atoms with van der Waals surface area (Å²) < 4.78 is 6.95. The number of hydrogen-bond acceptors (Lipinski definition) is 6. The highest BCUT2D eigenvalue weighted by Crippen LogP contribution is 2.11. The van der Waals surface area contributed by atoms with Crippen molar-refractivity contribution in [1.82, 2.24) is 25.1 Å². The summed E-state index contributed by atoms with van der Waals surface area (Å²) in [5, 5.41) is 20.8. The first kappa shape index (κ1) is 13.9. The average molecular weight is 269 g/mol. The number of rotatable bonds is 6. The highest BCUT2D eigenvalue weighted by Gasteiger charge is 2.30. The maximum absolute atomic E-state index is 11.2. The van der Waals surface area contributed by atoms with Gasteiger partial charge in [0.1, 0.15) is 6.04 Å². The predicted molar refractivity (Wildman–Crippen MR) is 65.4 cm³/mol. The number of tetrazole rings is 1. The molecule has 106 valence electrons. The third kappa shape index (κ3) is 3.48. The highest BCUT2D eigenvalue weighted by molar-refractivity contribution is 5.73. The lowest BCUT2D eigenvalue weighted by Gasteiger charge is -2.32. The zero-order chi connectivity index (χ0) is 13.7. The van der Waals surface area contributed by atoms with Gasteiger partial charge in [0.2, 0.25) is 0 Å². The Morgan fingerprint density at radius 3 is 3.16 bits per heavy atom. The molecule has 19 heavy (non-hydrogen) atoms. The van der Waals surface area contributed by atoms with E-state index in [2.05, 4.69) is 22.4 Å². The van der Waals surface area contributed by atoms with Gasteiger partial charge in [0.05, 0.1) is 19.8 Å². The van der Waals surface area contributed by atoms with E-state index in [1.165, 1.54) is 0 Å². The molecule has 1 aliphatic heterocycles. The fourth-order valence-corrected chi connectivity index (χ4v) is 2.05. The van der Waals surface area contributed by atoms with Gasteiger partial charge in [-0.2, -0.15) is 0 Å². The number of hydrogen-bond donors (Lipinski definition) is 1. The van der Waals surface area contributed by atoms with E-state index in [0.29, 0.717) is 25.5 Å². The molecule has 1 atom stereocenters. The van der Waals surface area contributed by atoms with Crippen molar-refractivity contribution in [2.24, 2.45) is 0 Å². The van der Waals surface area contributed by atoms with Gasteiger partial charge in [-0.3, -0.25) is 9.69 Å². The normalized spacial score (nSPS) is 20.6. The van der Waals surface area contributed by atoms with E-state index in [-0.39, 0.29) is 6.61 Å². The third-order valence-corrected chi connectivity index (χ3v) is 3.20. The van der Waals surface area contributed by atoms with Crippen LogP contribution in [0.25, 0.3) is 0 Å². The van der Waals surface area contributed by atoms with Crippen LogP contribution in [0.5, 0.6) is 0 Å². The van der Waals surface area contributed by atoms with E-state index in [4.69, 9.17) is 9.84 Å². The van der Waals surface area contributed by atoms with Gasteiger partial charge in [-0.15, -0.1) is 5.10 Å². The Kier molecular flexibility index (Phi) is 4.80. The van der Waals surface area contributed by atoms with Crippen LogP contribution in [0.3, 0.4) is 0 Å². The molecular weight excluding hydrogens is 250 g/mol. The van der Waals surface area contributed by atoms with Gasteiger partial charge in [0.15, 0.2) is 5.82 Å². The standard InChI is InChI=1S/C11H19N5O3/c1-2-3-4-16-10(12-13-14-16)7-15-5-6-19-8-9(15)11(17)18/h9H,2-8H2,1H3,(H,17,18). The molecule has 1 N–H and O–H groups in total. The summed E-state index contributed by atoms with van der Waals surface area (Å²) in [4.78, 5) is 13.0. The summed E-state index contributed by atoms with van der Waals surface area (Å²) in [6.07, 6.45) is 2.07. The van der Waals surface area contributed by atoms with Crippen LogP contribution in [0, 0.1) is 0 Å². The van der Waals surface area contributed by atoms with E-state index in [9.17, 15) is 4.79 Å². The largest absolute Gasteiger partial charge is 0.480 e. The number of carboxylic acid groups (broad SMARTS) is 1. The Morgan fingerprint density at radius 2 is 2.42 bits per heavy atom. The van der Waals surface area contributed by atoms with Crippen LogP contribution in [0.1, 0.15) is 25.6 Å². The molecule has 0 aliphatic carbocycles. The van der Waals surface area contributed by atoms with Gasteiger partial charge >= 0.3 is 5.97 Å². The second-order valence-corrected chi connectivity index (χ2v) is 4.57. The molecule has 0 saturated carbocycles. The van der Waals surface area contributed by atoms with E-state index in [1.807, 2.05) is 4.90 Å². The molecule has 0 radical (unpaired) electrons. The van der Waals surface area contributed by atoms with Crippen LogP contribution in [0.4, 0.5) is 0 Å². The highest BCUT2D eigenvalue weighted by atomic mass is 16.5. The fourth-order valence-electron chi connectivity index (χ4n) is 2.05. The predicted octanol–water partition coefficient (Wildman–Crippen LogP) is -0.241. The van der Waals surface area contributed by atoms with Crippen molar-refractivity contribution in [1.29, 1.82) is 0 Å². The maximum Gasteiger partial charge on any atom is 0.323 e. The Bertz CT molecular complexity index is 422. The molecule has 8 nitrogen and oxygen atoms in total. The maximum atomic E-state index is 11.2. The van der Waals surface area contributed by atoms with Crippen LogP contribution in [-0.4, -0.2) is 62.0 Å². The fraction of sp³-hybridized carbons (Fsp3) is 0.818. The van der Waals surface area contributed by atoms with Crippen molar-refractivity contribution in [3.8, 4) is 0 Å². The van der Waals surface area contributed by atoms with Crippen LogP contribution in [0.15, 0.2) is 0 Å². The smallest absolute Gasteiger partial charge is 0.323 e. The lowest BCUT2D eigenvalue weighted by atomic mass is 10.2. The van der Waals surface area contributed by atoms with Gasteiger partial charge in [0.25, 0.3) is 0 Å². The number of unbranched alkanes of at least 4 members (excludes halogenated alkanes) is 1. The molecule has 8 heteroatoms. The van der Waals surface area contributed by atoms with E-state index >= 15 is 0 Å². The molecule has 1 saturated heterocycles. The van der Waals surface area contributed by atoms with Gasteiger partial charge < -0.3 is 9.84 Å².